The summed E-state index contributed by atoms with van der Waals surface area (Å²) in [5.74, 6) is -2.20. The highest BCUT2D eigenvalue weighted by Gasteiger charge is 2.29. The molecule has 3 rings (SSSR count). The monoisotopic (exact) mass is 454 g/mol. The average molecular weight is 454 g/mol. The van der Waals surface area contributed by atoms with E-state index in [0.717, 1.165) is 11.6 Å². The SMILES string of the molecule is CCO[C@H](C(=O)NCc1ccc(C(=N)N)cc1)c1c(F)ccc(-c2ccc(OC)nc2)c1F. The number of hydrogen-bond acceptors (Lipinski definition) is 5. The number of methoxy groups -OCH3 is 1. The molecule has 0 saturated heterocycles. The van der Waals surface area contributed by atoms with Crippen molar-refractivity contribution < 1.29 is 23.0 Å². The van der Waals surface area contributed by atoms with Crippen LogP contribution in [-0.4, -0.2) is 30.4 Å². The van der Waals surface area contributed by atoms with Crippen molar-refractivity contribution in [2.75, 3.05) is 13.7 Å². The van der Waals surface area contributed by atoms with Gasteiger partial charge in [-0.3, -0.25) is 10.2 Å². The number of hydrogen-bond donors (Lipinski definition) is 3. The van der Waals surface area contributed by atoms with E-state index >= 15 is 4.39 Å². The fraction of sp³-hybridized carbons (Fsp3) is 0.208. The number of nitrogens with two attached hydrogens (primary N) is 1. The van der Waals surface area contributed by atoms with Gasteiger partial charge in [-0.25, -0.2) is 13.8 Å². The van der Waals surface area contributed by atoms with Crippen molar-refractivity contribution in [2.45, 2.75) is 19.6 Å². The molecular formula is C24H24F2N4O3. The number of carbonyl (C=O) groups is 1. The topological polar surface area (TPSA) is 110 Å². The maximum absolute atomic E-state index is 15.4. The van der Waals surface area contributed by atoms with E-state index in [1.807, 2.05) is 0 Å². The van der Waals surface area contributed by atoms with E-state index in [0.29, 0.717) is 17.0 Å². The third-order valence-corrected chi connectivity index (χ3v) is 4.95. The van der Waals surface area contributed by atoms with Crippen LogP contribution in [0.3, 0.4) is 0 Å². The van der Waals surface area contributed by atoms with Crippen LogP contribution < -0.4 is 15.8 Å². The highest BCUT2D eigenvalue weighted by atomic mass is 19.1. The smallest absolute Gasteiger partial charge is 0.254 e. The van der Waals surface area contributed by atoms with Crippen LogP contribution >= 0.6 is 0 Å². The van der Waals surface area contributed by atoms with Crippen LogP contribution in [0.1, 0.15) is 29.7 Å². The molecule has 1 amide bonds. The van der Waals surface area contributed by atoms with Crippen LogP contribution in [-0.2, 0) is 16.1 Å². The molecule has 0 unspecified atom stereocenters. The zero-order valence-corrected chi connectivity index (χ0v) is 18.2. The summed E-state index contributed by atoms with van der Waals surface area (Å²) in [6.45, 7) is 1.80. The Labute approximate surface area is 190 Å². The minimum atomic E-state index is -1.49. The Balaban J connectivity index is 1.86. The predicted molar refractivity (Wildman–Crippen MR) is 120 cm³/mol. The van der Waals surface area contributed by atoms with E-state index in [2.05, 4.69) is 10.3 Å². The highest BCUT2D eigenvalue weighted by Crippen LogP contribution is 2.32. The van der Waals surface area contributed by atoms with Crippen molar-refractivity contribution in [3.05, 3.63) is 83.1 Å². The lowest BCUT2D eigenvalue weighted by Crippen LogP contribution is -2.31. The van der Waals surface area contributed by atoms with Crippen molar-refractivity contribution in [3.8, 4) is 17.0 Å². The Bertz CT molecular complexity index is 1140. The summed E-state index contributed by atoms with van der Waals surface area (Å²) in [6, 6.07) is 12.2. The number of rotatable bonds is 9. The van der Waals surface area contributed by atoms with E-state index in [4.69, 9.17) is 20.6 Å². The zero-order chi connectivity index (χ0) is 24.0. The zero-order valence-electron chi connectivity index (χ0n) is 18.2. The van der Waals surface area contributed by atoms with Crippen LogP contribution in [0.2, 0.25) is 0 Å². The van der Waals surface area contributed by atoms with Crippen molar-refractivity contribution in [1.29, 1.82) is 5.41 Å². The normalized spacial score (nSPS) is 11.6. The number of nitrogens with zero attached hydrogens (tertiary/aromatic N) is 1. The van der Waals surface area contributed by atoms with Gasteiger partial charge in [0, 0.05) is 42.1 Å². The minimum Gasteiger partial charge on any atom is -0.481 e. The average Bonchev–Trinajstić information content (AvgIpc) is 2.82. The molecule has 33 heavy (non-hydrogen) atoms. The van der Waals surface area contributed by atoms with Gasteiger partial charge in [0.15, 0.2) is 6.10 Å². The van der Waals surface area contributed by atoms with E-state index in [-0.39, 0.29) is 24.6 Å². The molecule has 2 aromatic carbocycles. The van der Waals surface area contributed by atoms with E-state index in [1.165, 1.54) is 19.4 Å². The van der Waals surface area contributed by atoms with Gasteiger partial charge in [-0.2, -0.15) is 0 Å². The van der Waals surface area contributed by atoms with Gasteiger partial charge in [-0.05, 0) is 30.7 Å². The lowest BCUT2D eigenvalue weighted by molar-refractivity contribution is -0.133. The van der Waals surface area contributed by atoms with Crippen LogP contribution in [0.4, 0.5) is 8.78 Å². The number of pyridine rings is 1. The molecule has 0 saturated carbocycles. The number of nitrogen functional groups attached to an aromatic ring is 1. The molecule has 0 radical (unpaired) electrons. The molecule has 7 nitrogen and oxygen atoms in total. The maximum atomic E-state index is 15.4. The predicted octanol–water partition coefficient (Wildman–Crippen LogP) is 3.71. The highest BCUT2D eigenvalue weighted by molar-refractivity contribution is 5.94. The summed E-state index contributed by atoms with van der Waals surface area (Å²) in [5.41, 5.74) is 6.71. The Morgan fingerprint density at radius 1 is 1.15 bits per heavy atom. The van der Waals surface area contributed by atoms with Gasteiger partial charge >= 0.3 is 0 Å². The van der Waals surface area contributed by atoms with Gasteiger partial charge in [0.1, 0.15) is 17.5 Å². The van der Waals surface area contributed by atoms with Crippen molar-refractivity contribution in [1.82, 2.24) is 10.3 Å². The van der Waals surface area contributed by atoms with Gasteiger partial charge in [-0.1, -0.05) is 24.3 Å². The second-order valence-electron chi connectivity index (χ2n) is 7.08. The van der Waals surface area contributed by atoms with E-state index < -0.39 is 29.2 Å². The molecule has 0 aliphatic carbocycles. The number of amidine groups is 1. The van der Waals surface area contributed by atoms with Gasteiger partial charge < -0.3 is 20.5 Å². The number of halogens is 2. The Kier molecular flexibility index (Phi) is 7.68. The second kappa shape index (κ2) is 10.6. The third kappa shape index (κ3) is 5.50. The number of carbonyl (C=O) groups excluding carboxylic acids is 1. The lowest BCUT2D eigenvalue weighted by Gasteiger charge is -2.20. The fourth-order valence-corrected chi connectivity index (χ4v) is 3.23. The second-order valence-corrected chi connectivity index (χ2v) is 7.08. The van der Waals surface area contributed by atoms with Gasteiger partial charge in [0.25, 0.3) is 5.91 Å². The number of amides is 1. The number of aromatic nitrogens is 1. The maximum Gasteiger partial charge on any atom is 0.254 e. The van der Waals surface area contributed by atoms with Crippen LogP contribution in [0.25, 0.3) is 11.1 Å². The quantitative estimate of drug-likeness (QED) is 0.337. The number of ether oxygens (including phenoxy) is 2. The molecular weight excluding hydrogens is 430 g/mol. The molecule has 1 atom stereocenters. The molecule has 0 aliphatic heterocycles. The van der Waals surface area contributed by atoms with Crippen molar-refractivity contribution in [3.63, 3.8) is 0 Å². The van der Waals surface area contributed by atoms with E-state index in [1.54, 1.807) is 43.3 Å². The summed E-state index contributed by atoms with van der Waals surface area (Å²) in [7, 11) is 1.46. The summed E-state index contributed by atoms with van der Waals surface area (Å²) in [5, 5.41) is 10.1. The standard InChI is InChI=1S/C24H24F2N4O3/c1-3-33-22(24(31)30-12-14-4-6-15(7-5-14)23(27)28)20-18(25)10-9-17(21(20)26)16-8-11-19(32-2)29-13-16/h4-11,13,22H,3,12H2,1-2H3,(H3,27,28)(H,30,31)/t22-/m0/s1. The molecule has 0 fully saturated rings. The molecule has 0 spiro atoms. The van der Waals surface area contributed by atoms with Crippen molar-refractivity contribution in [2.24, 2.45) is 5.73 Å². The molecule has 4 N–H and O–H groups in total. The van der Waals surface area contributed by atoms with Crippen LogP contribution in [0.5, 0.6) is 5.88 Å². The van der Waals surface area contributed by atoms with Gasteiger partial charge in [0.05, 0.1) is 12.7 Å². The van der Waals surface area contributed by atoms with Crippen LogP contribution in [0.15, 0.2) is 54.7 Å². The van der Waals surface area contributed by atoms with Crippen molar-refractivity contribution >= 4 is 11.7 Å². The van der Waals surface area contributed by atoms with Gasteiger partial charge in [-0.15, -0.1) is 0 Å². The molecule has 3 aromatic rings. The summed E-state index contributed by atoms with van der Waals surface area (Å²) in [6.07, 6.45) is -0.0861. The lowest BCUT2D eigenvalue weighted by atomic mass is 9.99. The Morgan fingerprint density at radius 2 is 1.88 bits per heavy atom. The molecule has 172 valence electrons. The van der Waals surface area contributed by atoms with Gasteiger partial charge in [0.2, 0.25) is 5.88 Å². The Morgan fingerprint density at radius 3 is 2.45 bits per heavy atom. The molecule has 1 heterocycles. The molecule has 1 aromatic heterocycles. The number of benzene rings is 2. The molecule has 0 aliphatic rings. The first-order valence-corrected chi connectivity index (χ1v) is 10.2. The summed E-state index contributed by atoms with van der Waals surface area (Å²) in [4.78, 5) is 16.9. The molecule has 0 bridgehead atoms. The van der Waals surface area contributed by atoms with E-state index in [9.17, 15) is 9.18 Å². The minimum absolute atomic E-state index is 0.0680. The first kappa shape index (κ1) is 23.8. The summed E-state index contributed by atoms with van der Waals surface area (Å²) >= 11 is 0. The van der Waals surface area contributed by atoms with Crippen LogP contribution in [0, 0.1) is 17.0 Å². The Hall–Kier alpha value is -3.85. The number of nitrogens with one attached hydrogen (secondary N) is 2. The first-order chi connectivity index (χ1) is 15.8. The first-order valence-electron chi connectivity index (χ1n) is 10.2. The fourth-order valence-electron chi connectivity index (χ4n) is 3.23. The molecule has 9 heteroatoms. The largest absolute Gasteiger partial charge is 0.481 e. The third-order valence-electron chi connectivity index (χ3n) is 4.95. The summed E-state index contributed by atoms with van der Waals surface area (Å²) < 4.78 is 40.6.